The van der Waals surface area contributed by atoms with Crippen LogP contribution >= 0.6 is 0 Å². The molecule has 0 radical (unpaired) electrons. The van der Waals surface area contributed by atoms with Gasteiger partial charge in [0.15, 0.2) is 11.5 Å². The zero-order valence-electron chi connectivity index (χ0n) is 23.0. The molecule has 218 valence electrons. The Bertz CT molecular complexity index is 1580. The number of anilines is 2. The number of amides is 4. The van der Waals surface area contributed by atoms with Crippen molar-refractivity contribution in [3.63, 3.8) is 0 Å². The molecule has 0 saturated heterocycles. The largest absolute Gasteiger partial charge is 0.459 e. The van der Waals surface area contributed by atoms with E-state index in [0.29, 0.717) is 34.3 Å². The highest BCUT2D eigenvalue weighted by atomic mass is 16.4. The molecule has 3 heterocycles. The number of carbonyl (C=O) groups excluding carboxylic acids is 4. The van der Waals surface area contributed by atoms with Crippen LogP contribution in [0.1, 0.15) is 35.0 Å². The van der Waals surface area contributed by atoms with Gasteiger partial charge >= 0.3 is 0 Å². The number of hydrogen-bond donors (Lipinski definition) is 4. The predicted octanol–water partition coefficient (Wildman–Crippen LogP) is 4.10. The molecule has 0 aliphatic carbocycles. The van der Waals surface area contributed by atoms with Gasteiger partial charge < -0.3 is 23.9 Å². The van der Waals surface area contributed by atoms with Crippen molar-refractivity contribution in [3.05, 3.63) is 96.8 Å². The summed E-state index contributed by atoms with van der Waals surface area (Å²) in [6.07, 6.45) is 2.70. The molecule has 5 rings (SSSR count). The van der Waals surface area contributed by atoms with Crippen molar-refractivity contribution in [2.75, 3.05) is 10.6 Å². The van der Waals surface area contributed by atoms with E-state index in [1.54, 1.807) is 74.5 Å². The topological polar surface area (TPSA) is 182 Å². The summed E-state index contributed by atoms with van der Waals surface area (Å²) in [7, 11) is 0. The number of nitrogens with one attached hydrogen (secondary N) is 4. The van der Waals surface area contributed by atoms with Gasteiger partial charge in [0.05, 0.1) is 12.5 Å². The lowest BCUT2D eigenvalue weighted by Gasteiger charge is -2.14. The van der Waals surface area contributed by atoms with E-state index in [9.17, 15) is 19.2 Å². The van der Waals surface area contributed by atoms with E-state index in [4.69, 9.17) is 13.3 Å². The summed E-state index contributed by atoms with van der Waals surface area (Å²) >= 11 is 0. The maximum absolute atomic E-state index is 12.4. The van der Waals surface area contributed by atoms with E-state index in [1.165, 1.54) is 24.7 Å². The SMILES string of the molecule is C[C@H](Nc1ccc(-c2nnc(-c3ccc(N[C@@H](C)C(=O)NC(=O)c4ccco4)cc3)o2)cc1)C(=O)NC(=O)c1ccco1. The number of hydrogen-bond acceptors (Lipinski definition) is 11. The van der Waals surface area contributed by atoms with Crippen LogP contribution in [0.25, 0.3) is 22.9 Å². The maximum atomic E-state index is 12.4. The van der Waals surface area contributed by atoms with Gasteiger partial charge in [-0.1, -0.05) is 0 Å². The van der Waals surface area contributed by atoms with Crippen LogP contribution in [0.5, 0.6) is 0 Å². The molecule has 0 unspecified atom stereocenters. The first-order chi connectivity index (χ1) is 20.8. The van der Waals surface area contributed by atoms with E-state index < -0.39 is 35.7 Å². The minimum atomic E-state index is -0.696. The number of aromatic nitrogens is 2. The van der Waals surface area contributed by atoms with Gasteiger partial charge in [-0.05, 0) is 86.6 Å². The Labute approximate surface area is 244 Å². The molecule has 5 aromatic rings. The molecule has 0 bridgehead atoms. The molecule has 0 fully saturated rings. The van der Waals surface area contributed by atoms with Gasteiger partial charge in [-0.3, -0.25) is 29.8 Å². The monoisotopic (exact) mass is 582 g/mol. The Morgan fingerprint density at radius 3 is 1.35 bits per heavy atom. The fourth-order valence-electron chi connectivity index (χ4n) is 3.88. The second-order valence-electron chi connectivity index (χ2n) is 9.39. The number of rotatable bonds is 10. The summed E-state index contributed by atoms with van der Waals surface area (Å²) in [6.45, 7) is 3.26. The predicted molar refractivity (Wildman–Crippen MR) is 154 cm³/mol. The van der Waals surface area contributed by atoms with E-state index in [-0.39, 0.29) is 11.5 Å². The molecule has 13 nitrogen and oxygen atoms in total. The first-order valence-electron chi connectivity index (χ1n) is 13.1. The average Bonchev–Trinajstić information content (AvgIpc) is 3.81. The summed E-state index contributed by atoms with van der Waals surface area (Å²) < 4.78 is 15.8. The molecule has 2 atom stereocenters. The van der Waals surface area contributed by atoms with Gasteiger partial charge in [-0.2, -0.15) is 0 Å². The average molecular weight is 583 g/mol. The molecule has 0 aliphatic rings. The van der Waals surface area contributed by atoms with Gasteiger partial charge in [-0.25, -0.2) is 0 Å². The number of furan rings is 2. The number of nitrogens with zero attached hydrogens (tertiary/aromatic N) is 2. The molecule has 4 amide bonds. The fourth-order valence-corrected chi connectivity index (χ4v) is 3.88. The third-order valence-corrected chi connectivity index (χ3v) is 6.21. The second-order valence-corrected chi connectivity index (χ2v) is 9.39. The normalized spacial score (nSPS) is 12.1. The fraction of sp³-hybridized carbons (Fsp3) is 0.133. The summed E-state index contributed by atoms with van der Waals surface area (Å²) in [5, 5.41) is 18.9. The standard InChI is InChI=1S/C30H26N6O7/c1-17(25(37)33-27(39)23-5-3-15-41-23)31-21-11-7-19(8-12-21)29-35-36-30(43-29)20-9-13-22(14-10-20)32-18(2)26(38)34-28(40)24-6-4-16-42-24/h3-18,31-32H,1-2H3,(H,33,37,39)(H,34,38,40)/t17-,18-/m0/s1. The Morgan fingerprint density at radius 1 is 0.605 bits per heavy atom. The van der Waals surface area contributed by atoms with Crippen LogP contribution in [-0.4, -0.2) is 45.9 Å². The zero-order chi connectivity index (χ0) is 30.3. The Hall–Kier alpha value is -5.98. The van der Waals surface area contributed by atoms with E-state index >= 15 is 0 Å². The minimum absolute atomic E-state index is 0.0479. The highest BCUT2D eigenvalue weighted by molar-refractivity contribution is 6.05. The van der Waals surface area contributed by atoms with Gasteiger partial charge in [0.2, 0.25) is 23.6 Å². The number of carbonyl (C=O) groups is 4. The van der Waals surface area contributed by atoms with E-state index in [0.717, 1.165) is 0 Å². The van der Waals surface area contributed by atoms with Crippen molar-refractivity contribution < 1.29 is 32.4 Å². The molecule has 0 saturated carbocycles. The molecule has 4 N–H and O–H groups in total. The van der Waals surface area contributed by atoms with Crippen molar-refractivity contribution in [1.29, 1.82) is 0 Å². The summed E-state index contributed by atoms with van der Waals surface area (Å²) in [5.74, 6) is -1.56. The third kappa shape index (κ3) is 7.03. The van der Waals surface area contributed by atoms with Gasteiger partial charge in [-0.15, -0.1) is 10.2 Å². The summed E-state index contributed by atoms with van der Waals surface area (Å²) in [6, 6.07) is 18.7. The van der Waals surface area contributed by atoms with Crippen LogP contribution in [-0.2, 0) is 9.59 Å². The zero-order valence-corrected chi connectivity index (χ0v) is 23.0. The van der Waals surface area contributed by atoms with E-state index in [1.807, 2.05) is 0 Å². The quantitative estimate of drug-likeness (QED) is 0.186. The second kappa shape index (κ2) is 12.7. The smallest absolute Gasteiger partial charge is 0.293 e. The van der Waals surface area contributed by atoms with Crippen molar-refractivity contribution >= 4 is 35.0 Å². The first kappa shape index (κ1) is 28.5. The molecule has 43 heavy (non-hydrogen) atoms. The minimum Gasteiger partial charge on any atom is -0.459 e. The van der Waals surface area contributed by atoms with Gasteiger partial charge in [0.1, 0.15) is 12.1 Å². The van der Waals surface area contributed by atoms with Crippen LogP contribution in [0.2, 0.25) is 0 Å². The number of benzene rings is 2. The Balaban J connectivity index is 1.14. The van der Waals surface area contributed by atoms with Crippen molar-refractivity contribution in [3.8, 4) is 22.9 Å². The highest BCUT2D eigenvalue weighted by Gasteiger charge is 2.20. The van der Waals surface area contributed by atoms with Gasteiger partial charge in [0, 0.05) is 22.5 Å². The van der Waals surface area contributed by atoms with E-state index in [2.05, 4.69) is 31.5 Å². The van der Waals surface area contributed by atoms with Crippen LogP contribution in [0, 0.1) is 0 Å². The lowest BCUT2D eigenvalue weighted by molar-refractivity contribution is -0.121. The summed E-state index contributed by atoms with van der Waals surface area (Å²) in [5.41, 5.74) is 2.62. The molecular weight excluding hydrogens is 556 g/mol. The Kier molecular flexibility index (Phi) is 8.42. The van der Waals surface area contributed by atoms with Crippen molar-refractivity contribution in [2.24, 2.45) is 0 Å². The van der Waals surface area contributed by atoms with Crippen LogP contribution in [0.3, 0.4) is 0 Å². The lowest BCUT2D eigenvalue weighted by atomic mass is 10.2. The maximum Gasteiger partial charge on any atom is 0.293 e. The molecule has 2 aromatic carbocycles. The Morgan fingerprint density at radius 2 is 1.00 bits per heavy atom. The van der Waals surface area contributed by atoms with Crippen LogP contribution in [0.15, 0.2) is 98.6 Å². The van der Waals surface area contributed by atoms with Crippen molar-refractivity contribution in [2.45, 2.75) is 25.9 Å². The molecule has 0 aliphatic heterocycles. The number of imide groups is 2. The third-order valence-electron chi connectivity index (χ3n) is 6.21. The molecule has 0 spiro atoms. The lowest BCUT2D eigenvalue weighted by Crippen LogP contribution is -2.40. The van der Waals surface area contributed by atoms with Crippen LogP contribution in [0.4, 0.5) is 11.4 Å². The molecule has 13 heteroatoms. The van der Waals surface area contributed by atoms with Crippen molar-refractivity contribution in [1.82, 2.24) is 20.8 Å². The van der Waals surface area contributed by atoms with Crippen LogP contribution < -0.4 is 21.3 Å². The summed E-state index contributed by atoms with van der Waals surface area (Å²) in [4.78, 5) is 48.8. The molecule has 3 aromatic heterocycles. The first-order valence-corrected chi connectivity index (χ1v) is 13.1. The van der Waals surface area contributed by atoms with Gasteiger partial charge in [0.25, 0.3) is 11.8 Å². The molecular formula is C30H26N6O7. The highest BCUT2D eigenvalue weighted by Crippen LogP contribution is 2.26.